The summed E-state index contributed by atoms with van der Waals surface area (Å²) in [4.78, 5) is 28.3. The molecule has 0 aromatic heterocycles. The van der Waals surface area contributed by atoms with Gasteiger partial charge in [0.1, 0.15) is 5.60 Å². The smallest absolute Gasteiger partial charge is 0.410 e. The normalized spacial score (nSPS) is 25.8. The second-order valence-corrected chi connectivity index (χ2v) is 10.2. The molecular weight excluding hydrogens is 368 g/mol. The van der Waals surface area contributed by atoms with E-state index in [0.29, 0.717) is 25.6 Å². The van der Waals surface area contributed by atoms with Crippen LogP contribution in [0.25, 0.3) is 0 Å². The Morgan fingerprint density at radius 2 is 1.86 bits per heavy atom. The Labute approximate surface area is 172 Å². The molecule has 1 heterocycles. The topological polar surface area (TPSA) is 70.1 Å². The summed E-state index contributed by atoms with van der Waals surface area (Å²) in [6, 6.07) is 10.6. The summed E-state index contributed by atoms with van der Waals surface area (Å²) in [7, 11) is 0. The monoisotopic (exact) mass is 400 g/mol. The Hall–Kier alpha value is -2.08. The number of hydrogen-bond donors (Lipinski definition) is 1. The highest BCUT2D eigenvalue weighted by Gasteiger charge is 2.53. The van der Waals surface area contributed by atoms with E-state index in [2.05, 4.69) is 17.0 Å². The number of carboxylic acid groups (broad SMARTS) is 1. The van der Waals surface area contributed by atoms with Crippen molar-refractivity contribution in [2.24, 2.45) is 11.3 Å². The summed E-state index contributed by atoms with van der Waals surface area (Å²) in [5, 5.41) is 9.11. The molecule has 6 nitrogen and oxygen atoms in total. The van der Waals surface area contributed by atoms with E-state index in [1.165, 1.54) is 5.56 Å². The number of aliphatic carboxylic acids is 1. The largest absolute Gasteiger partial charge is 0.481 e. The molecule has 2 aliphatic carbocycles. The van der Waals surface area contributed by atoms with Crippen molar-refractivity contribution in [2.45, 2.75) is 57.6 Å². The third-order valence-corrected chi connectivity index (χ3v) is 6.34. The van der Waals surface area contributed by atoms with Gasteiger partial charge in [-0.05, 0) is 45.6 Å². The van der Waals surface area contributed by atoms with Crippen LogP contribution in [0.2, 0.25) is 0 Å². The molecule has 1 aromatic carbocycles. The van der Waals surface area contributed by atoms with Crippen molar-refractivity contribution in [3.63, 3.8) is 0 Å². The highest BCUT2D eigenvalue weighted by molar-refractivity contribution is 5.71. The SMILES string of the molecule is CC(C)(C)OC(=O)N(CC1(CN2CC(C(=O)O)C2)CC1)[C@H]1CC1c1ccccc1. The summed E-state index contributed by atoms with van der Waals surface area (Å²) < 4.78 is 5.75. The quantitative estimate of drug-likeness (QED) is 0.758. The van der Waals surface area contributed by atoms with Crippen molar-refractivity contribution < 1.29 is 19.4 Å². The first-order chi connectivity index (χ1) is 13.7. The van der Waals surface area contributed by atoms with Crippen LogP contribution >= 0.6 is 0 Å². The van der Waals surface area contributed by atoms with Gasteiger partial charge in [-0.25, -0.2) is 4.79 Å². The minimum Gasteiger partial charge on any atom is -0.481 e. The van der Waals surface area contributed by atoms with E-state index in [1.807, 2.05) is 43.9 Å². The Balaban J connectivity index is 1.42. The third kappa shape index (κ3) is 4.74. The minimum absolute atomic E-state index is 0.0875. The zero-order chi connectivity index (χ0) is 20.8. The lowest BCUT2D eigenvalue weighted by molar-refractivity contribution is -0.147. The molecule has 0 radical (unpaired) electrons. The van der Waals surface area contributed by atoms with Crippen LogP contribution in [0.15, 0.2) is 30.3 Å². The van der Waals surface area contributed by atoms with Crippen molar-refractivity contribution in [3.8, 4) is 0 Å². The first-order valence-corrected chi connectivity index (χ1v) is 10.7. The van der Waals surface area contributed by atoms with Gasteiger partial charge in [0.05, 0.1) is 5.92 Å². The number of carbonyl (C=O) groups excluding carboxylic acids is 1. The van der Waals surface area contributed by atoms with Crippen LogP contribution in [0, 0.1) is 11.3 Å². The van der Waals surface area contributed by atoms with Crippen molar-refractivity contribution >= 4 is 12.1 Å². The maximum Gasteiger partial charge on any atom is 0.410 e. The first kappa shape index (κ1) is 20.2. The lowest BCUT2D eigenvalue weighted by atomic mass is 9.96. The van der Waals surface area contributed by atoms with E-state index < -0.39 is 11.6 Å². The lowest BCUT2D eigenvalue weighted by Crippen LogP contribution is -2.53. The predicted octanol–water partition coefficient (Wildman–Crippen LogP) is 3.58. The van der Waals surface area contributed by atoms with Crippen LogP contribution in [0.1, 0.15) is 51.5 Å². The molecule has 1 saturated heterocycles. The van der Waals surface area contributed by atoms with Gasteiger partial charge in [-0.3, -0.25) is 4.79 Å². The maximum atomic E-state index is 13.0. The molecule has 0 bridgehead atoms. The molecular formula is C23H32N2O4. The van der Waals surface area contributed by atoms with E-state index in [4.69, 9.17) is 9.84 Å². The molecule has 6 heteroatoms. The number of rotatable bonds is 7. The first-order valence-electron chi connectivity index (χ1n) is 10.7. The van der Waals surface area contributed by atoms with Crippen LogP contribution in [0.3, 0.4) is 0 Å². The summed E-state index contributed by atoms with van der Waals surface area (Å²) in [5.74, 6) is -0.566. The van der Waals surface area contributed by atoms with Gasteiger partial charge in [0, 0.05) is 43.6 Å². The number of carbonyl (C=O) groups is 2. The summed E-state index contributed by atoms with van der Waals surface area (Å²) >= 11 is 0. The fraction of sp³-hybridized carbons (Fsp3) is 0.652. The van der Waals surface area contributed by atoms with E-state index in [-0.39, 0.29) is 23.5 Å². The molecule has 1 aliphatic heterocycles. The number of nitrogens with zero attached hydrogens (tertiary/aromatic N) is 2. The molecule has 3 fully saturated rings. The highest BCUT2D eigenvalue weighted by atomic mass is 16.6. The number of carboxylic acids is 1. The summed E-state index contributed by atoms with van der Waals surface area (Å²) in [6.07, 6.45) is 2.93. The molecule has 4 rings (SSSR count). The van der Waals surface area contributed by atoms with Gasteiger partial charge in [0.25, 0.3) is 0 Å². The van der Waals surface area contributed by atoms with E-state index in [1.54, 1.807) is 0 Å². The zero-order valence-corrected chi connectivity index (χ0v) is 17.6. The number of hydrogen-bond acceptors (Lipinski definition) is 4. The van der Waals surface area contributed by atoms with E-state index in [9.17, 15) is 9.59 Å². The molecule has 0 spiro atoms. The molecule has 2 atom stereocenters. The Bertz CT molecular complexity index is 763. The van der Waals surface area contributed by atoms with Crippen molar-refractivity contribution in [2.75, 3.05) is 26.2 Å². The average molecular weight is 401 g/mol. The molecule has 2 saturated carbocycles. The van der Waals surface area contributed by atoms with Gasteiger partial charge in [-0.1, -0.05) is 30.3 Å². The Morgan fingerprint density at radius 3 is 2.41 bits per heavy atom. The molecule has 3 aliphatic rings. The standard InChI is InChI=1S/C23H32N2O4/c1-22(2,3)29-21(28)25(19-11-18(19)16-7-5-4-6-8-16)15-23(9-10-23)14-24-12-17(13-24)20(26)27/h4-8,17-19H,9-15H2,1-3H3,(H,26,27)/t18?,19-/m0/s1. The number of likely N-dealkylation sites (tertiary alicyclic amines) is 1. The molecule has 1 amide bonds. The molecule has 1 unspecified atom stereocenters. The van der Waals surface area contributed by atoms with Crippen molar-refractivity contribution in [1.82, 2.24) is 9.80 Å². The minimum atomic E-state index is -0.704. The van der Waals surface area contributed by atoms with Gasteiger partial charge in [-0.2, -0.15) is 0 Å². The van der Waals surface area contributed by atoms with Crippen LogP contribution in [0.5, 0.6) is 0 Å². The van der Waals surface area contributed by atoms with E-state index in [0.717, 1.165) is 25.8 Å². The van der Waals surface area contributed by atoms with E-state index >= 15 is 0 Å². The van der Waals surface area contributed by atoms with Gasteiger partial charge in [-0.15, -0.1) is 0 Å². The Morgan fingerprint density at radius 1 is 1.21 bits per heavy atom. The van der Waals surface area contributed by atoms with Crippen LogP contribution < -0.4 is 0 Å². The highest BCUT2D eigenvalue weighted by Crippen LogP contribution is 2.52. The van der Waals surface area contributed by atoms with Crippen LogP contribution in [0.4, 0.5) is 4.79 Å². The summed E-state index contributed by atoms with van der Waals surface area (Å²) in [5.41, 5.74) is 0.850. The van der Waals surface area contributed by atoms with Crippen molar-refractivity contribution in [1.29, 1.82) is 0 Å². The average Bonchev–Trinajstić information content (AvgIpc) is 3.50. The van der Waals surface area contributed by atoms with Crippen LogP contribution in [-0.4, -0.2) is 64.8 Å². The van der Waals surface area contributed by atoms with Gasteiger partial charge in [0.15, 0.2) is 0 Å². The van der Waals surface area contributed by atoms with Gasteiger partial charge >= 0.3 is 12.1 Å². The zero-order valence-electron chi connectivity index (χ0n) is 17.6. The maximum absolute atomic E-state index is 13.0. The number of amides is 1. The number of benzene rings is 1. The van der Waals surface area contributed by atoms with Gasteiger partial charge < -0.3 is 19.6 Å². The fourth-order valence-electron chi connectivity index (χ4n) is 4.46. The van der Waals surface area contributed by atoms with Gasteiger partial charge in [0.2, 0.25) is 0 Å². The molecule has 158 valence electrons. The molecule has 1 N–H and O–H groups in total. The lowest BCUT2D eigenvalue weighted by Gasteiger charge is -2.40. The predicted molar refractivity (Wildman–Crippen MR) is 110 cm³/mol. The summed E-state index contributed by atoms with van der Waals surface area (Å²) in [6.45, 7) is 8.54. The Kier molecular flexibility index (Phi) is 5.09. The third-order valence-electron chi connectivity index (χ3n) is 6.34. The van der Waals surface area contributed by atoms with Crippen molar-refractivity contribution in [3.05, 3.63) is 35.9 Å². The second kappa shape index (κ2) is 7.31. The molecule has 1 aromatic rings. The second-order valence-electron chi connectivity index (χ2n) is 10.2. The molecule has 29 heavy (non-hydrogen) atoms. The fourth-order valence-corrected chi connectivity index (χ4v) is 4.46. The number of ether oxygens (including phenoxy) is 1. The van der Waals surface area contributed by atoms with Crippen LogP contribution in [-0.2, 0) is 9.53 Å².